The fraction of sp³-hybridized carbons (Fsp3) is 0.545. The first-order valence-electron chi connectivity index (χ1n) is 10.6. The van der Waals surface area contributed by atoms with Gasteiger partial charge in [0, 0.05) is 19.9 Å². The second kappa shape index (κ2) is 11.5. The molecule has 0 bridgehead atoms. The van der Waals surface area contributed by atoms with Crippen molar-refractivity contribution >= 4 is 23.7 Å². The minimum absolute atomic E-state index is 0.0418. The van der Waals surface area contributed by atoms with E-state index in [0.29, 0.717) is 24.9 Å². The van der Waals surface area contributed by atoms with Crippen LogP contribution in [0.3, 0.4) is 0 Å². The number of amides is 3. The zero-order chi connectivity index (χ0) is 23.8. The van der Waals surface area contributed by atoms with Gasteiger partial charge in [-0.3, -0.25) is 24.2 Å². The largest absolute Gasteiger partial charge is 0.508 e. The number of benzene rings is 1. The molecular formula is C22H32N4O6. The molecule has 3 unspecified atom stereocenters. The standard InChI is InChI=1S/C22H32N4O6/c1-13(2)19(23-14(3)27)20(29)24-18(12-15-7-5-8-16(28)11-15)21(30)26-10-6-9-17(25-26)22(31)32-4/h5,7-8,11,13,17-19,25,28H,6,9-10,12H2,1-4H3,(H,23,27)(H,24,29). The maximum atomic E-state index is 13.3. The highest BCUT2D eigenvalue weighted by atomic mass is 16.5. The molecule has 10 heteroatoms. The van der Waals surface area contributed by atoms with Crippen molar-refractivity contribution in [3.63, 3.8) is 0 Å². The van der Waals surface area contributed by atoms with Crippen LogP contribution in [0, 0.1) is 5.92 Å². The Bertz CT molecular complexity index is 843. The van der Waals surface area contributed by atoms with Gasteiger partial charge in [0.15, 0.2) is 0 Å². The van der Waals surface area contributed by atoms with Crippen LogP contribution in [-0.4, -0.2) is 65.6 Å². The molecule has 0 spiro atoms. The van der Waals surface area contributed by atoms with Gasteiger partial charge in [-0.15, -0.1) is 0 Å². The molecule has 1 saturated heterocycles. The molecule has 176 valence electrons. The average Bonchev–Trinajstić information content (AvgIpc) is 2.75. The van der Waals surface area contributed by atoms with Crippen molar-refractivity contribution in [2.75, 3.05) is 13.7 Å². The van der Waals surface area contributed by atoms with Gasteiger partial charge in [-0.25, -0.2) is 5.43 Å². The number of hydrogen-bond acceptors (Lipinski definition) is 7. The topological polar surface area (TPSA) is 137 Å². The summed E-state index contributed by atoms with van der Waals surface area (Å²) in [6.45, 7) is 5.26. The number of nitrogens with zero attached hydrogens (tertiary/aromatic N) is 1. The van der Waals surface area contributed by atoms with E-state index in [4.69, 9.17) is 4.74 Å². The number of hydrazine groups is 1. The van der Waals surface area contributed by atoms with Crippen LogP contribution in [-0.2, 0) is 30.3 Å². The van der Waals surface area contributed by atoms with Gasteiger partial charge in [0.1, 0.15) is 23.9 Å². The highest BCUT2D eigenvalue weighted by Gasteiger charge is 2.34. The van der Waals surface area contributed by atoms with Crippen LogP contribution in [0.4, 0.5) is 0 Å². The number of methoxy groups -OCH3 is 1. The van der Waals surface area contributed by atoms with Gasteiger partial charge >= 0.3 is 5.97 Å². The molecule has 4 N–H and O–H groups in total. The first kappa shape index (κ1) is 25.1. The number of nitrogens with one attached hydrogen (secondary N) is 3. The summed E-state index contributed by atoms with van der Waals surface area (Å²) in [4.78, 5) is 49.8. The molecule has 1 fully saturated rings. The van der Waals surface area contributed by atoms with Gasteiger partial charge in [-0.05, 0) is 36.5 Å². The summed E-state index contributed by atoms with van der Waals surface area (Å²) in [6.07, 6.45) is 1.23. The number of rotatable bonds is 8. The van der Waals surface area contributed by atoms with Crippen molar-refractivity contribution in [3.05, 3.63) is 29.8 Å². The number of ether oxygens (including phenoxy) is 1. The second-order valence-corrected chi connectivity index (χ2v) is 8.19. The van der Waals surface area contributed by atoms with Gasteiger partial charge in [0.25, 0.3) is 5.91 Å². The molecular weight excluding hydrogens is 416 g/mol. The number of phenolic OH excluding ortho intramolecular Hbond substituents is 1. The zero-order valence-electron chi connectivity index (χ0n) is 18.9. The van der Waals surface area contributed by atoms with Crippen LogP contribution in [0.5, 0.6) is 5.75 Å². The molecule has 2 rings (SSSR count). The van der Waals surface area contributed by atoms with Crippen LogP contribution in [0.25, 0.3) is 0 Å². The van der Waals surface area contributed by atoms with Gasteiger partial charge in [0.2, 0.25) is 11.8 Å². The summed E-state index contributed by atoms with van der Waals surface area (Å²) in [6, 6.07) is 3.96. The highest BCUT2D eigenvalue weighted by Crippen LogP contribution is 2.16. The normalized spacial score (nSPS) is 17.9. The minimum atomic E-state index is -0.983. The first-order chi connectivity index (χ1) is 15.1. The van der Waals surface area contributed by atoms with E-state index < -0.39 is 35.9 Å². The Balaban J connectivity index is 2.25. The highest BCUT2D eigenvalue weighted by molar-refractivity contribution is 5.92. The second-order valence-electron chi connectivity index (χ2n) is 8.19. The fourth-order valence-electron chi connectivity index (χ4n) is 3.58. The van der Waals surface area contributed by atoms with Crippen LogP contribution in [0.15, 0.2) is 24.3 Å². The quantitative estimate of drug-likeness (QED) is 0.418. The van der Waals surface area contributed by atoms with Crippen LogP contribution in [0.2, 0.25) is 0 Å². The molecule has 1 heterocycles. The Morgan fingerprint density at radius 3 is 2.56 bits per heavy atom. The molecule has 0 aliphatic carbocycles. The van der Waals surface area contributed by atoms with E-state index in [0.717, 1.165) is 0 Å². The first-order valence-corrected chi connectivity index (χ1v) is 10.6. The summed E-state index contributed by atoms with van der Waals surface area (Å²) < 4.78 is 4.77. The third-order valence-corrected chi connectivity index (χ3v) is 5.21. The minimum Gasteiger partial charge on any atom is -0.508 e. The summed E-state index contributed by atoms with van der Waals surface area (Å²) >= 11 is 0. The molecule has 3 amide bonds. The summed E-state index contributed by atoms with van der Waals surface area (Å²) in [5.74, 6) is -1.90. The van der Waals surface area contributed by atoms with E-state index in [1.807, 2.05) is 0 Å². The van der Waals surface area contributed by atoms with E-state index >= 15 is 0 Å². The Morgan fingerprint density at radius 1 is 1.25 bits per heavy atom. The third-order valence-electron chi connectivity index (χ3n) is 5.21. The van der Waals surface area contributed by atoms with Crippen molar-refractivity contribution in [1.82, 2.24) is 21.1 Å². The number of hydrogen-bond donors (Lipinski definition) is 4. The monoisotopic (exact) mass is 448 g/mol. The van der Waals surface area contributed by atoms with Crippen molar-refractivity contribution in [1.29, 1.82) is 0 Å². The molecule has 3 atom stereocenters. The predicted octanol–water partition coefficient (Wildman–Crippen LogP) is 0.249. The van der Waals surface area contributed by atoms with Crippen molar-refractivity contribution in [3.8, 4) is 5.75 Å². The van der Waals surface area contributed by atoms with Gasteiger partial charge < -0.3 is 20.5 Å². The SMILES string of the molecule is COC(=O)C1CCCN(C(=O)C(Cc2cccc(O)c2)NC(=O)C(NC(C)=O)C(C)C)N1. The van der Waals surface area contributed by atoms with Crippen molar-refractivity contribution in [2.45, 2.75) is 58.2 Å². The van der Waals surface area contributed by atoms with Crippen LogP contribution < -0.4 is 16.1 Å². The smallest absolute Gasteiger partial charge is 0.324 e. The lowest BCUT2D eigenvalue weighted by atomic mass is 10.0. The summed E-state index contributed by atoms with van der Waals surface area (Å²) in [7, 11) is 1.28. The Labute approximate surface area is 187 Å². The number of aromatic hydroxyl groups is 1. The van der Waals surface area contributed by atoms with E-state index in [1.165, 1.54) is 31.2 Å². The molecule has 1 aromatic carbocycles. The van der Waals surface area contributed by atoms with Crippen LogP contribution in [0.1, 0.15) is 39.2 Å². The zero-order valence-corrected chi connectivity index (χ0v) is 18.9. The predicted molar refractivity (Wildman–Crippen MR) is 116 cm³/mol. The fourth-order valence-corrected chi connectivity index (χ4v) is 3.58. The molecule has 32 heavy (non-hydrogen) atoms. The third kappa shape index (κ3) is 6.94. The van der Waals surface area contributed by atoms with Gasteiger partial charge in [-0.1, -0.05) is 26.0 Å². The Kier molecular flexibility index (Phi) is 9.01. The molecule has 0 aromatic heterocycles. The summed E-state index contributed by atoms with van der Waals surface area (Å²) in [5.41, 5.74) is 3.52. The maximum absolute atomic E-state index is 13.3. The number of phenols is 1. The number of carbonyl (C=O) groups excluding carboxylic acids is 4. The van der Waals surface area contributed by atoms with E-state index in [-0.39, 0.29) is 24.0 Å². The van der Waals surface area contributed by atoms with E-state index in [9.17, 15) is 24.3 Å². The number of esters is 1. The molecule has 0 radical (unpaired) electrons. The maximum Gasteiger partial charge on any atom is 0.324 e. The summed E-state index contributed by atoms with van der Waals surface area (Å²) in [5, 5.41) is 16.5. The lowest BCUT2D eigenvalue weighted by Crippen LogP contribution is -2.62. The molecule has 10 nitrogen and oxygen atoms in total. The molecule has 0 saturated carbocycles. The number of carbonyl (C=O) groups is 4. The molecule has 1 aromatic rings. The lowest BCUT2D eigenvalue weighted by molar-refractivity contribution is -0.151. The molecule has 1 aliphatic rings. The van der Waals surface area contributed by atoms with Gasteiger partial charge in [-0.2, -0.15) is 0 Å². The van der Waals surface area contributed by atoms with E-state index in [1.54, 1.807) is 26.0 Å². The van der Waals surface area contributed by atoms with E-state index in [2.05, 4.69) is 16.1 Å². The van der Waals surface area contributed by atoms with Gasteiger partial charge in [0.05, 0.1) is 7.11 Å². The van der Waals surface area contributed by atoms with Crippen molar-refractivity contribution in [2.24, 2.45) is 5.92 Å². The Hall–Kier alpha value is -3.14. The average molecular weight is 449 g/mol. The Morgan fingerprint density at radius 2 is 1.97 bits per heavy atom. The van der Waals surface area contributed by atoms with Crippen molar-refractivity contribution < 1.29 is 29.0 Å². The van der Waals surface area contributed by atoms with Crippen LogP contribution >= 0.6 is 0 Å². The lowest BCUT2D eigenvalue weighted by Gasteiger charge is -2.35. The molecule has 1 aliphatic heterocycles.